The lowest BCUT2D eigenvalue weighted by atomic mass is 9.83. The summed E-state index contributed by atoms with van der Waals surface area (Å²) >= 11 is 0. The SMILES string of the molecule is CCC1(CC)C[C@H](NS(C)(=O)=O)[C@H](COC2CCC(c3ccccc3)CC2)N1C(=O)O. The highest BCUT2D eigenvalue weighted by Gasteiger charge is 2.53. The van der Waals surface area contributed by atoms with Crippen molar-refractivity contribution in [3.8, 4) is 0 Å². The van der Waals surface area contributed by atoms with Crippen LogP contribution in [-0.4, -0.2) is 61.1 Å². The van der Waals surface area contributed by atoms with Gasteiger partial charge >= 0.3 is 6.09 Å². The fraction of sp³-hybridized carbons (Fsp3) is 0.696. The molecule has 3 rings (SSSR count). The number of hydrogen-bond donors (Lipinski definition) is 2. The molecule has 174 valence electrons. The molecule has 1 aromatic carbocycles. The van der Waals surface area contributed by atoms with Crippen LogP contribution in [0.25, 0.3) is 0 Å². The molecule has 2 aliphatic rings. The van der Waals surface area contributed by atoms with Gasteiger partial charge in [0.05, 0.1) is 25.0 Å². The predicted molar refractivity (Wildman–Crippen MR) is 121 cm³/mol. The molecule has 0 bridgehead atoms. The fourth-order valence-electron chi connectivity index (χ4n) is 5.51. The molecule has 1 aliphatic carbocycles. The summed E-state index contributed by atoms with van der Waals surface area (Å²) in [6.45, 7) is 4.14. The first-order valence-corrected chi connectivity index (χ1v) is 13.2. The monoisotopic (exact) mass is 452 g/mol. The highest BCUT2D eigenvalue weighted by atomic mass is 32.2. The lowest BCUT2D eigenvalue weighted by Gasteiger charge is -2.38. The van der Waals surface area contributed by atoms with Crippen molar-refractivity contribution in [1.82, 2.24) is 9.62 Å². The van der Waals surface area contributed by atoms with E-state index < -0.39 is 33.7 Å². The van der Waals surface area contributed by atoms with E-state index in [9.17, 15) is 18.3 Å². The maximum atomic E-state index is 12.2. The van der Waals surface area contributed by atoms with Crippen LogP contribution < -0.4 is 4.72 Å². The van der Waals surface area contributed by atoms with E-state index >= 15 is 0 Å². The van der Waals surface area contributed by atoms with Gasteiger partial charge in [-0.05, 0) is 56.4 Å². The van der Waals surface area contributed by atoms with Gasteiger partial charge in [0.2, 0.25) is 10.0 Å². The van der Waals surface area contributed by atoms with E-state index in [-0.39, 0.29) is 12.7 Å². The second-order valence-electron chi connectivity index (χ2n) is 9.07. The van der Waals surface area contributed by atoms with Crippen LogP contribution in [0.15, 0.2) is 30.3 Å². The van der Waals surface area contributed by atoms with Crippen molar-refractivity contribution >= 4 is 16.1 Å². The van der Waals surface area contributed by atoms with Crippen LogP contribution in [0.4, 0.5) is 4.79 Å². The Morgan fingerprint density at radius 2 is 1.77 bits per heavy atom. The number of carboxylic acid groups (broad SMARTS) is 1. The maximum absolute atomic E-state index is 12.2. The average molecular weight is 453 g/mol. The minimum atomic E-state index is -3.46. The van der Waals surface area contributed by atoms with E-state index in [0.717, 1.165) is 31.9 Å². The third kappa shape index (κ3) is 5.59. The molecule has 0 radical (unpaired) electrons. The lowest BCUT2D eigenvalue weighted by molar-refractivity contribution is -0.0173. The minimum Gasteiger partial charge on any atom is -0.465 e. The Morgan fingerprint density at radius 1 is 1.16 bits per heavy atom. The van der Waals surface area contributed by atoms with Gasteiger partial charge in [0.1, 0.15) is 0 Å². The van der Waals surface area contributed by atoms with Gasteiger partial charge in [-0.1, -0.05) is 44.2 Å². The van der Waals surface area contributed by atoms with Gasteiger partial charge in [0, 0.05) is 11.6 Å². The minimum absolute atomic E-state index is 0.0766. The molecule has 1 heterocycles. The molecule has 7 nitrogen and oxygen atoms in total. The highest BCUT2D eigenvalue weighted by Crippen LogP contribution is 2.41. The molecule has 2 atom stereocenters. The summed E-state index contributed by atoms with van der Waals surface area (Å²) in [5.74, 6) is 0.538. The molecule has 2 N–H and O–H groups in total. The highest BCUT2D eigenvalue weighted by molar-refractivity contribution is 7.88. The van der Waals surface area contributed by atoms with Crippen LogP contribution in [0.1, 0.15) is 70.3 Å². The van der Waals surface area contributed by atoms with Crippen molar-refractivity contribution < 1.29 is 23.1 Å². The standard InChI is InChI=1S/C23H36N2O5S/c1-4-23(5-2)15-20(24-31(3,28)29)21(25(23)22(26)27)16-30-19-13-11-18(12-14-19)17-9-7-6-8-10-17/h6-10,18-21,24H,4-5,11-16H2,1-3H3,(H,26,27)/t18?,19?,20-,21-/m0/s1. The summed E-state index contributed by atoms with van der Waals surface area (Å²) in [6, 6.07) is 9.51. The smallest absolute Gasteiger partial charge is 0.408 e. The molecule has 1 aromatic rings. The molecule has 1 saturated heterocycles. The second-order valence-corrected chi connectivity index (χ2v) is 10.8. The molecule has 0 spiro atoms. The van der Waals surface area contributed by atoms with Crippen molar-refractivity contribution in [2.24, 2.45) is 0 Å². The molecule has 1 aliphatic heterocycles. The topological polar surface area (TPSA) is 95.9 Å². The van der Waals surface area contributed by atoms with Crippen LogP contribution >= 0.6 is 0 Å². The molecule has 1 amide bonds. The normalized spacial score (nSPS) is 28.5. The Hall–Kier alpha value is -1.64. The Balaban J connectivity index is 1.67. The van der Waals surface area contributed by atoms with Gasteiger partial charge < -0.3 is 9.84 Å². The van der Waals surface area contributed by atoms with Crippen molar-refractivity contribution in [2.45, 2.75) is 88.4 Å². The Kier molecular flexibility index (Phi) is 7.65. The van der Waals surface area contributed by atoms with Gasteiger partial charge in [0.15, 0.2) is 0 Å². The van der Waals surface area contributed by atoms with E-state index in [1.807, 2.05) is 19.9 Å². The molecule has 0 unspecified atom stereocenters. The van der Waals surface area contributed by atoms with Crippen LogP contribution in [0.3, 0.4) is 0 Å². The predicted octanol–water partition coefficient (Wildman–Crippen LogP) is 3.96. The number of amides is 1. The van der Waals surface area contributed by atoms with E-state index in [1.165, 1.54) is 10.5 Å². The van der Waals surface area contributed by atoms with E-state index in [1.54, 1.807) is 0 Å². The van der Waals surface area contributed by atoms with E-state index in [0.29, 0.717) is 25.2 Å². The Labute approximate surface area is 186 Å². The zero-order valence-corrected chi connectivity index (χ0v) is 19.6. The maximum Gasteiger partial charge on any atom is 0.408 e. The number of carbonyl (C=O) groups is 1. The zero-order valence-electron chi connectivity index (χ0n) is 18.8. The Morgan fingerprint density at radius 3 is 2.29 bits per heavy atom. The van der Waals surface area contributed by atoms with Gasteiger partial charge in [-0.15, -0.1) is 0 Å². The first-order valence-electron chi connectivity index (χ1n) is 11.3. The molecular formula is C23H36N2O5S. The number of likely N-dealkylation sites (tertiary alicyclic amines) is 1. The van der Waals surface area contributed by atoms with Crippen LogP contribution in [0.2, 0.25) is 0 Å². The number of hydrogen-bond acceptors (Lipinski definition) is 4. The van der Waals surface area contributed by atoms with Crippen molar-refractivity contribution in [2.75, 3.05) is 12.9 Å². The summed E-state index contributed by atoms with van der Waals surface area (Å²) < 4.78 is 32.8. The van der Waals surface area contributed by atoms with Crippen LogP contribution in [-0.2, 0) is 14.8 Å². The number of sulfonamides is 1. The zero-order chi connectivity index (χ0) is 22.6. The summed E-state index contributed by atoms with van der Waals surface area (Å²) in [4.78, 5) is 13.7. The van der Waals surface area contributed by atoms with Gasteiger partial charge in [0.25, 0.3) is 0 Å². The van der Waals surface area contributed by atoms with E-state index in [2.05, 4.69) is 29.0 Å². The first-order chi connectivity index (χ1) is 14.7. The van der Waals surface area contributed by atoms with Crippen LogP contribution in [0, 0.1) is 0 Å². The summed E-state index contributed by atoms with van der Waals surface area (Å²) in [7, 11) is -3.46. The van der Waals surface area contributed by atoms with Crippen molar-refractivity contribution in [3.63, 3.8) is 0 Å². The van der Waals surface area contributed by atoms with Crippen LogP contribution in [0.5, 0.6) is 0 Å². The van der Waals surface area contributed by atoms with Gasteiger partial charge in [-0.25, -0.2) is 17.9 Å². The summed E-state index contributed by atoms with van der Waals surface area (Å²) in [5.41, 5.74) is 0.787. The fourth-order valence-corrected chi connectivity index (χ4v) is 6.30. The average Bonchev–Trinajstić information content (AvgIpc) is 3.05. The van der Waals surface area contributed by atoms with Crippen molar-refractivity contribution in [1.29, 1.82) is 0 Å². The quantitative estimate of drug-likeness (QED) is 0.622. The lowest BCUT2D eigenvalue weighted by Crippen LogP contribution is -2.53. The number of rotatable bonds is 8. The molecule has 31 heavy (non-hydrogen) atoms. The molecule has 1 saturated carbocycles. The molecule has 8 heteroatoms. The molecule has 0 aromatic heterocycles. The number of nitrogens with one attached hydrogen (secondary N) is 1. The summed E-state index contributed by atoms with van der Waals surface area (Å²) in [5, 5.41) is 9.99. The van der Waals surface area contributed by atoms with Gasteiger partial charge in [-0.3, -0.25) is 4.90 Å². The molecule has 2 fully saturated rings. The second kappa shape index (κ2) is 9.88. The van der Waals surface area contributed by atoms with E-state index in [4.69, 9.17) is 4.74 Å². The first kappa shape index (κ1) is 24.0. The number of ether oxygens (including phenoxy) is 1. The van der Waals surface area contributed by atoms with Crippen molar-refractivity contribution in [3.05, 3.63) is 35.9 Å². The number of benzene rings is 1. The molecular weight excluding hydrogens is 416 g/mol. The summed E-state index contributed by atoms with van der Waals surface area (Å²) in [6.07, 6.45) is 5.86. The number of nitrogens with zero attached hydrogens (tertiary/aromatic N) is 1. The third-order valence-electron chi connectivity index (χ3n) is 7.24. The van der Waals surface area contributed by atoms with Gasteiger partial charge in [-0.2, -0.15) is 0 Å². The Bertz CT molecular complexity index is 833. The largest absolute Gasteiger partial charge is 0.465 e. The third-order valence-corrected chi connectivity index (χ3v) is 7.97.